The van der Waals surface area contributed by atoms with Gasteiger partial charge >= 0.3 is 5.69 Å². The molecule has 0 radical (unpaired) electrons. The molecule has 1 aromatic carbocycles. The average Bonchev–Trinajstić information content (AvgIpc) is 2.60. The van der Waals surface area contributed by atoms with E-state index in [1.54, 1.807) is 29.2 Å². The van der Waals surface area contributed by atoms with Gasteiger partial charge in [-0.1, -0.05) is 24.3 Å². The Morgan fingerprint density at radius 1 is 1.27 bits per heavy atom. The second-order valence-electron chi connectivity index (χ2n) is 5.94. The van der Waals surface area contributed by atoms with Gasteiger partial charge in [-0.3, -0.25) is 23.6 Å². The zero-order valence-electron chi connectivity index (χ0n) is 14.7. The van der Waals surface area contributed by atoms with Crippen molar-refractivity contribution in [2.75, 3.05) is 18.8 Å². The number of carbonyl (C=O) groups is 1. The third-order valence-electron chi connectivity index (χ3n) is 4.09. The first-order valence-corrected chi connectivity index (χ1v) is 7.93. The monoisotopic (exact) mass is 360 g/mol. The zero-order valence-corrected chi connectivity index (χ0v) is 14.7. The molecule has 1 heterocycles. The topological polar surface area (TPSA) is 90.3 Å². The lowest BCUT2D eigenvalue weighted by Crippen LogP contribution is -2.43. The van der Waals surface area contributed by atoms with Crippen molar-refractivity contribution >= 4 is 11.6 Å². The Morgan fingerprint density at radius 2 is 1.92 bits per heavy atom. The molecule has 0 aliphatic heterocycles. The van der Waals surface area contributed by atoms with E-state index in [1.807, 2.05) is 0 Å². The number of aromatic nitrogens is 2. The van der Waals surface area contributed by atoms with Crippen molar-refractivity contribution in [3.05, 3.63) is 74.7 Å². The van der Waals surface area contributed by atoms with Crippen molar-refractivity contribution in [3.63, 3.8) is 0 Å². The van der Waals surface area contributed by atoms with Crippen LogP contribution in [0.3, 0.4) is 0 Å². The van der Waals surface area contributed by atoms with E-state index in [2.05, 4.69) is 6.58 Å². The van der Waals surface area contributed by atoms with Crippen molar-refractivity contribution in [2.24, 2.45) is 14.1 Å². The number of ketones is 1. The quantitative estimate of drug-likeness (QED) is 0.579. The van der Waals surface area contributed by atoms with Gasteiger partial charge in [0.1, 0.15) is 17.2 Å². The first kappa shape index (κ1) is 19.3. The molecule has 0 unspecified atom stereocenters. The normalized spacial score (nSPS) is 10.9. The van der Waals surface area contributed by atoms with Crippen LogP contribution in [-0.2, 0) is 20.6 Å². The van der Waals surface area contributed by atoms with Crippen LogP contribution in [-0.4, -0.2) is 32.9 Å². The van der Waals surface area contributed by atoms with Gasteiger partial charge < -0.3 is 5.73 Å². The number of nitrogen functional groups attached to an aromatic ring is 1. The predicted molar refractivity (Wildman–Crippen MR) is 97.5 cm³/mol. The molecule has 0 amide bonds. The van der Waals surface area contributed by atoms with Crippen LogP contribution in [0.4, 0.5) is 10.2 Å². The summed E-state index contributed by atoms with van der Waals surface area (Å²) in [6.07, 6.45) is 1.58. The minimum Gasteiger partial charge on any atom is -0.384 e. The van der Waals surface area contributed by atoms with Crippen LogP contribution in [0.15, 0.2) is 46.5 Å². The highest BCUT2D eigenvalue weighted by Crippen LogP contribution is 2.12. The maximum absolute atomic E-state index is 13.9. The van der Waals surface area contributed by atoms with E-state index in [0.29, 0.717) is 12.1 Å². The Bertz CT molecular complexity index is 962. The summed E-state index contributed by atoms with van der Waals surface area (Å²) in [6.45, 7) is 3.94. The van der Waals surface area contributed by atoms with Crippen LogP contribution in [0, 0.1) is 5.82 Å². The molecule has 1 aromatic heterocycles. The molecule has 2 N–H and O–H groups in total. The van der Waals surface area contributed by atoms with Crippen LogP contribution < -0.4 is 17.0 Å². The van der Waals surface area contributed by atoms with Gasteiger partial charge in [0.2, 0.25) is 0 Å². The van der Waals surface area contributed by atoms with Crippen molar-refractivity contribution < 1.29 is 9.18 Å². The fraction of sp³-hybridized carbons (Fsp3) is 0.278. The Balaban J connectivity index is 2.34. The van der Waals surface area contributed by atoms with Gasteiger partial charge in [-0.05, 0) is 6.07 Å². The maximum atomic E-state index is 13.9. The summed E-state index contributed by atoms with van der Waals surface area (Å²) in [7, 11) is 2.66. The van der Waals surface area contributed by atoms with Gasteiger partial charge in [0.05, 0.1) is 6.54 Å². The van der Waals surface area contributed by atoms with Gasteiger partial charge in [-0.2, -0.15) is 0 Å². The molecule has 0 fully saturated rings. The summed E-state index contributed by atoms with van der Waals surface area (Å²) >= 11 is 0. The van der Waals surface area contributed by atoms with Crippen molar-refractivity contribution in [1.29, 1.82) is 0 Å². The summed E-state index contributed by atoms with van der Waals surface area (Å²) in [5.41, 5.74) is 4.62. The van der Waals surface area contributed by atoms with Crippen molar-refractivity contribution in [1.82, 2.24) is 14.0 Å². The van der Waals surface area contributed by atoms with E-state index in [-0.39, 0.29) is 30.3 Å². The van der Waals surface area contributed by atoms with E-state index < -0.39 is 17.0 Å². The average molecular weight is 360 g/mol. The summed E-state index contributed by atoms with van der Waals surface area (Å²) < 4.78 is 15.8. The molecule has 0 saturated carbocycles. The van der Waals surface area contributed by atoms with E-state index in [4.69, 9.17) is 5.73 Å². The molecule has 0 aliphatic rings. The summed E-state index contributed by atoms with van der Waals surface area (Å²) in [6, 6.07) is 6.24. The second kappa shape index (κ2) is 7.92. The minimum atomic E-state index is -0.750. The van der Waals surface area contributed by atoms with Gasteiger partial charge in [-0.25, -0.2) is 9.18 Å². The van der Waals surface area contributed by atoms with E-state index in [1.165, 1.54) is 20.2 Å². The molecule has 2 rings (SSSR count). The number of nitrogens with zero attached hydrogens (tertiary/aromatic N) is 3. The Kier molecular flexibility index (Phi) is 5.89. The number of halogens is 1. The number of nitrogens with two attached hydrogens (primary N) is 1. The SMILES string of the molecule is C=CCN(CC(=O)c1c(N)n(C)c(=O)n(C)c1=O)Cc1ccccc1F. The smallest absolute Gasteiger partial charge is 0.332 e. The van der Waals surface area contributed by atoms with Gasteiger partial charge in [0, 0.05) is 32.7 Å². The molecular formula is C18H21FN4O3. The highest BCUT2D eigenvalue weighted by atomic mass is 19.1. The Hall–Kier alpha value is -3.00. The van der Waals surface area contributed by atoms with Crippen LogP contribution in [0.1, 0.15) is 15.9 Å². The lowest BCUT2D eigenvalue weighted by molar-refractivity contribution is 0.0931. The standard InChI is InChI=1S/C18H21FN4O3/c1-4-9-23(10-12-7-5-6-8-13(12)19)11-14(24)15-16(20)21(2)18(26)22(3)17(15)25/h4-8H,1,9-11,20H2,2-3H3. The van der Waals surface area contributed by atoms with Gasteiger partial charge in [0.25, 0.3) is 5.56 Å². The fourth-order valence-electron chi connectivity index (χ4n) is 2.64. The Morgan fingerprint density at radius 3 is 2.54 bits per heavy atom. The number of rotatable bonds is 7. The summed E-state index contributed by atoms with van der Waals surface area (Å²) in [4.78, 5) is 38.5. The van der Waals surface area contributed by atoms with Gasteiger partial charge in [0.15, 0.2) is 5.78 Å². The van der Waals surface area contributed by atoms with E-state index in [9.17, 15) is 18.8 Å². The molecule has 0 bridgehead atoms. The van der Waals surface area contributed by atoms with Crippen LogP contribution in [0.25, 0.3) is 0 Å². The van der Waals surface area contributed by atoms with Crippen LogP contribution >= 0.6 is 0 Å². The molecule has 0 saturated heterocycles. The third-order valence-corrected chi connectivity index (χ3v) is 4.09. The molecule has 7 nitrogen and oxygen atoms in total. The fourth-order valence-corrected chi connectivity index (χ4v) is 2.64. The highest BCUT2D eigenvalue weighted by Gasteiger charge is 2.22. The third kappa shape index (κ3) is 3.80. The van der Waals surface area contributed by atoms with Crippen molar-refractivity contribution in [2.45, 2.75) is 6.54 Å². The van der Waals surface area contributed by atoms with Crippen LogP contribution in [0.2, 0.25) is 0 Å². The number of carbonyl (C=O) groups excluding carboxylic acids is 1. The van der Waals surface area contributed by atoms with Gasteiger partial charge in [-0.15, -0.1) is 6.58 Å². The number of hydrogen-bond donors (Lipinski definition) is 1. The zero-order chi connectivity index (χ0) is 19.4. The molecule has 26 heavy (non-hydrogen) atoms. The highest BCUT2D eigenvalue weighted by molar-refractivity contribution is 6.01. The second-order valence-corrected chi connectivity index (χ2v) is 5.94. The molecule has 0 aliphatic carbocycles. The number of Topliss-reactive ketones (excluding diaryl/α,β-unsaturated/α-hetero) is 1. The number of hydrogen-bond acceptors (Lipinski definition) is 5. The van der Waals surface area contributed by atoms with Crippen molar-refractivity contribution in [3.8, 4) is 0 Å². The molecule has 8 heteroatoms. The minimum absolute atomic E-state index is 0.163. The molecule has 0 atom stereocenters. The molecule has 0 spiro atoms. The van der Waals surface area contributed by atoms with Crippen LogP contribution in [0.5, 0.6) is 0 Å². The number of benzene rings is 1. The lowest BCUT2D eigenvalue weighted by Gasteiger charge is -2.21. The molecule has 2 aromatic rings. The first-order chi connectivity index (χ1) is 12.3. The molecule has 138 valence electrons. The number of anilines is 1. The summed E-state index contributed by atoms with van der Waals surface area (Å²) in [5.74, 6) is -1.11. The summed E-state index contributed by atoms with van der Waals surface area (Å²) in [5, 5.41) is 0. The van der Waals surface area contributed by atoms with E-state index >= 15 is 0 Å². The Labute approximate surface area is 149 Å². The maximum Gasteiger partial charge on any atom is 0.332 e. The largest absolute Gasteiger partial charge is 0.384 e. The lowest BCUT2D eigenvalue weighted by atomic mass is 10.1. The first-order valence-electron chi connectivity index (χ1n) is 7.93. The van der Waals surface area contributed by atoms with E-state index in [0.717, 1.165) is 9.13 Å². The molecular weight excluding hydrogens is 339 g/mol. The predicted octanol–water partition coefficient (Wildman–Crippen LogP) is 0.676.